The molecule has 0 saturated carbocycles. The van der Waals surface area contributed by atoms with Gasteiger partial charge in [0.1, 0.15) is 0 Å². The van der Waals surface area contributed by atoms with Crippen molar-refractivity contribution in [1.29, 1.82) is 0 Å². The Morgan fingerprint density at radius 3 is 3.09 bits per heavy atom. The number of allylic oxidation sites excluding steroid dienone is 1. The summed E-state index contributed by atoms with van der Waals surface area (Å²) in [6.07, 6.45) is 5.42. The van der Waals surface area contributed by atoms with Crippen molar-refractivity contribution in [3.05, 3.63) is 11.8 Å². The van der Waals surface area contributed by atoms with E-state index in [0.717, 1.165) is 25.9 Å². The lowest BCUT2D eigenvalue weighted by atomic mass is 10.1. The van der Waals surface area contributed by atoms with E-state index in [-0.39, 0.29) is 0 Å². The van der Waals surface area contributed by atoms with E-state index < -0.39 is 0 Å². The molecule has 0 aromatic carbocycles. The second-order valence-corrected chi connectivity index (χ2v) is 2.82. The van der Waals surface area contributed by atoms with E-state index in [9.17, 15) is 0 Å². The van der Waals surface area contributed by atoms with E-state index in [0.29, 0.717) is 0 Å². The number of methoxy groups -OCH3 is 1. The zero-order valence-electron chi connectivity index (χ0n) is 7.26. The lowest BCUT2D eigenvalue weighted by Gasteiger charge is -2.08. The Morgan fingerprint density at radius 1 is 1.64 bits per heavy atom. The van der Waals surface area contributed by atoms with Gasteiger partial charge in [0.2, 0.25) is 0 Å². The maximum Gasteiger partial charge on any atom is 0.0517 e. The van der Waals surface area contributed by atoms with Gasteiger partial charge in [0.25, 0.3) is 0 Å². The van der Waals surface area contributed by atoms with Crippen molar-refractivity contribution in [2.45, 2.75) is 26.2 Å². The Balaban J connectivity index is 2.39. The van der Waals surface area contributed by atoms with Crippen LogP contribution < -0.4 is 0 Å². The molecule has 0 radical (unpaired) electrons. The van der Waals surface area contributed by atoms with Crippen molar-refractivity contribution in [1.82, 2.24) is 0 Å². The molecule has 1 heterocycles. The number of hydrogen-bond donors (Lipinski definition) is 0. The number of hydrogen-bond acceptors (Lipinski definition) is 2. The van der Waals surface area contributed by atoms with Gasteiger partial charge in [-0.25, -0.2) is 0 Å². The monoisotopic (exact) mass is 153 g/mol. The van der Waals surface area contributed by atoms with E-state index in [4.69, 9.17) is 4.74 Å². The zero-order chi connectivity index (χ0) is 8.10. The first kappa shape index (κ1) is 8.47. The Bertz CT molecular complexity index is 182. The summed E-state index contributed by atoms with van der Waals surface area (Å²) in [4.78, 5) is 4.42. The molecule has 0 unspecified atom stereocenters. The minimum absolute atomic E-state index is 0.780. The van der Waals surface area contributed by atoms with Gasteiger partial charge in [-0.3, -0.25) is 4.99 Å². The van der Waals surface area contributed by atoms with Crippen LogP contribution in [0.25, 0.3) is 0 Å². The van der Waals surface area contributed by atoms with Gasteiger partial charge in [0.05, 0.1) is 6.61 Å². The maximum absolute atomic E-state index is 4.97. The molecule has 0 fully saturated rings. The van der Waals surface area contributed by atoms with Crippen LogP contribution >= 0.6 is 0 Å². The highest BCUT2D eigenvalue weighted by atomic mass is 16.5. The molecular weight excluding hydrogens is 138 g/mol. The number of nitrogens with zero attached hydrogens (tertiary/aromatic N) is 1. The van der Waals surface area contributed by atoms with Gasteiger partial charge in [0, 0.05) is 24.9 Å². The van der Waals surface area contributed by atoms with Crippen molar-refractivity contribution in [3.63, 3.8) is 0 Å². The van der Waals surface area contributed by atoms with Crippen LogP contribution in [0.5, 0.6) is 0 Å². The van der Waals surface area contributed by atoms with Gasteiger partial charge in [-0.2, -0.15) is 0 Å². The van der Waals surface area contributed by atoms with Crippen molar-refractivity contribution < 1.29 is 4.74 Å². The van der Waals surface area contributed by atoms with Gasteiger partial charge in [-0.05, 0) is 19.8 Å². The van der Waals surface area contributed by atoms with E-state index in [1.165, 1.54) is 11.4 Å². The molecule has 0 spiro atoms. The molecular formula is C9H15NO. The third kappa shape index (κ3) is 2.85. The van der Waals surface area contributed by atoms with Crippen LogP contribution in [0.3, 0.4) is 0 Å². The SMILES string of the molecule is COCCC1=CCCC(C)=N1. The minimum Gasteiger partial charge on any atom is -0.384 e. The van der Waals surface area contributed by atoms with E-state index in [1.54, 1.807) is 7.11 Å². The molecule has 62 valence electrons. The summed E-state index contributed by atoms with van der Waals surface area (Å²) >= 11 is 0. The summed E-state index contributed by atoms with van der Waals surface area (Å²) in [5.74, 6) is 0. The minimum atomic E-state index is 0.780. The molecule has 0 amide bonds. The van der Waals surface area contributed by atoms with Crippen LogP contribution in [0.15, 0.2) is 16.8 Å². The quantitative estimate of drug-likeness (QED) is 0.609. The molecule has 0 atom stereocenters. The summed E-state index contributed by atoms with van der Waals surface area (Å²) < 4.78 is 4.97. The van der Waals surface area contributed by atoms with E-state index in [1.807, 2.05) is 0 Å². The van der Waals surface area contributed by atoms with Gasteiger partial charge in [0.15, 0.2) is 0 Å². The topological polar surface area (TPSA) is 21.6 Å². The molecule has 0 aliphatic carbocycles. The molecule has 1 aliphatic rings. The standard InChI is InChI=1S/C9H15NO/c1-8-4-3-5-9(10-8)6-7-11-2/h5H,3-4,6-7H2,1-2H3. The first-order valence-corrected chi connectivity index (χ1v) is 4.05. The van der Waals surface area contributed by atoms with Crippen molar-refractivity contribution >= 4 is 5.71 Å². The molecule has 1 aliphatic heterocycles. The van der Waals surface area contributed by atoms with Crippen LogP contribution in [0.2, 0.25) is 0 Å². The number of ether oxygens (including phenoxy) is 1. The van der Waals surface area contributed by atoms with Crippen LogP contribution in [0, 0.1) is 0 Å². The summed E-state index contributed by atoms with van der Waals surface area (Å²) in [5.41, 5.74) is 2.44. The largest absolute Gasteiger partial charge is 0.384 e. The molecule has 2 nitrogen and oxygen atoms in total. The zero-order valence-corrected chi connectivity index (χ0v) is 7.26. The summed E-state index contributed by atoms with van der Waals surface area (Å²) in [6.45, 7) is 2.86. The molecule has 1 rings (SSSR count). The van der Waals surface area contributed by atoms with Crippen LogP contribution in [0.4, 0.5) is 0 Å². The number of rotatable bonds is 3. The molecule has 0 aromatic rings. The molecule has 0 aromatic heterocycles. The van der Waals surface area contributed by atoms with Crippen molar-refractivity contribution in [2.75, 3.05) is 13.7 Å². The third-order valence-corrected chi connectivity index (χ3v) is 1.78. The Labute approximate surface area is 68.0 Å². The Kier molecular flexibility index (Phi) is 3.30. The molecule has 0 saturated heterocycles. The predicted octanol–water partition coefficient (Wildman–Crippen LogP) is 2.16. The molecule has 0 N–H and O–H groups in total. The van der Waals surface area contributed by atoms with Crippen LogP contribution in [-0.2, 0) is 4.74 Å². The van der Waals surface area contributed by atoms with E-state index >= 15 is 0 Å². The fraction of sp³-hybridized carbons (Fsp3) is 0.667. The van der Waals surface area contributed by atoms with Crippen molar-refractivity contribution in [3.8, 4) is 0 Å². The van der Waals surface area contributed by atoms with Crippen molar-refractivity contribution in [2.24, 2.45) is 4.99 Å². The van der Waals surface area contributed by atoms with Gasteiger partial charge in [-0.1, -0.05) is 6.08 Å². The second kappa shape index (κ2) is 4.29. The molecule has 0 bridgehead atoms. The smallest absolute Gasteiger partial charge is 0.0517 e. The summed E-state index contributed by atoms with van der Waals surface area (Å²) in [7, 11) is 1.72. The normalized spacial score (nSPS) is 17.6. The fourth-order valence-corrected chi connectivity index (χ4v) is 1.16. The predicted molar refractivity (Wildman–Crippen MR) is 46.9 cm³/mol. The first-order valence-electron chi connectivity index (χ1n) is 4.05. The Morgan fingerprint density at radius 2 is 2.45 bits per heavy atom. The lowest BCUT2D eigenvalue weighted by molar-refractivity contribution is 0.202. The highest BCUT2D eigenvalue weighted by Gasteiger charge is 2.01. The average molecular weight is 153 g/mol. The molecule has 11 heavy (non-hydrogen) atoms. The average Bonchev–Trinajstić information content (AvgIpc) is 2.01. The molecule has 2 heteroatoms. The van der Waals surface area contributed by atoms with Gasteiger partial charge < -0.3 is 4.74 Å². The van der Waals surface area contributed by atoms with Gasteiger partial charge in [-0.15, -0.1) is 0 Å². The van der Waals surface area contributed by atoms with Gasteiger partial charge >= 0.3 is 0 Å². The fourth-order valence-electron chi connectivity index (χ4n) is 1.16. The highest BCUT2D eigenvalue weighted by Crippen LogP contribution is 2.13. The van der Waals surface area contributed by atoms with Crippen LogP contribution in [0.1, 0.15) is 26.2 Å². The summed E-state index contributed by atoms with van der Waals surface area (Å²) in [5, 5.41) is 0. The third-order valence-electron chi connectivity index (χ3n) is 1.78. The number of aliphatic imine (C=N–C) groups is 1. The first-order chi connectivity index (χ1) is 5.33. The second-order valence-electron chi connectivity index (χ2n) is 2.82. The lowest BCUT2D eigenvalue weighted by Crippen LogP contribution is -2.00. The maximum atomic E-state index is 4.97. The summed E-state index contributed by atoms with van der Waals surface area (Å²) in [6, 6.07) is 0. The van der Waals surface area contributed by atoms with Crippen LogP contribution in [-0.4, -0.2) is 19.4 Å². The van der Waals surface area contributed by atoms with E-state index in [2.05, 4.69) is 18.0 Å². The Hall–Kier alpha value is -0.630. The highest BCUT2D eigenvalue weighted by molar-refractivity contribution is 5.83.